The van der Waals surface area contributed by atoms with Crippen molar-refractivity contribution in [2.75, 3.05) is 23.8 Å². The molecule has 0 aliphatic heterocycles. The Labute approximate surface area is 155 Å². The van der Waals surface area contributed by atoms with Crippen LogP contribution in [0.1, 0.15) is 20.3 Å². The number of hydrogen-bond donors (Lipinski definition) is 2. The van der Waals surface area contributed by atoms with E-state index in [4.69, 9.17) is 9.47 Å². The third-order valence-corrected chi connectivity index (χ3v) is 3.74. The zero-order valence-corrected chi connectivity index (χ0v) is 15.3. The number of hydrogen-bond acceptors (Lipinski definition) is 4. The summed E-state index contributed by atoms with van der Waals surface area (Å²) in [5.41, 5.74) is 1.49. The van der Waals surface area contributed by atoms with Gasteiger partial charge in [-0.3, -0.25) is 4.79 Å². The third-order valence-electron chi connectivity index (χ3n) is 3.74. The first-order chi connectivity index (χ1) is 12.6. The minimum Gasteiger partial charge on any atom is -0.491 e. The predicted molar refractivity (Wildman–Crippen MR) is 106 cm³/mol. The van der Waals surface area contributed by atoms with E-state index in [9.17, 15) is 4.79 Å². The lowest BCUT2D eigenvalue weighted by Crippen LogP contribution is -2.22. The van der Waals surface area contributed by atoms with E-state index in [-0.39, 0.29) is 18.6 Å². The molecular weight excluding hydrogens is 328 g/mol. The average Bonchev–Trinajstić information content (AvgIpc) is 2.66. The van der Waals surface area contributed by atoms with Crippen LogP contribution in [0.4, 0.5) is 11.4 Å². The van der Waals surface area contributed by atoms with E-state index in [2.05, 4.69) is 24.1 Å². The van der Waals surface area contributed by atoms with Crippen molar-refractivity contribution in [1.29, 1.82) is 0 Å². The lowest BCUT2D eigenvalue weighted by Gasteiger charge is -2.14. The van der Waals surface area contributed by atoms with Gasteiger partial charge in [0.15, 0.2) is 0 Å². The molecule has 0 spiro atoms. The van der Waals surface area contributed by atoms with Crippen LogP contribution >= 0.6 is 0 Å². The van der Waals surface area contributed by atoms with E-state index in [0.29, 0.717) is 18.0 Å². The molecule has 0 saturated carbocycles. The molecule has 1 unspecified atom stereocenters. The lowest BCUT2D eigenvalue weighted by molar-refractivity contribution is -0.114. The molecule has 2 rings (SSSR count). The molecule has 0 bridgehead atoms. The highest BCUT2D eigenvalue weighted by molar-refractivity contribution is 5.95. The fourth-order valence-corrected chi connectivity index (χ4v) is 2.19. The van der Waals surface area contributed by atoms with E-state index in [1.54, 1.807) is 12.1 Å². The van der Waals surface area contributed by atoms with E-state index in [0.717, 1.165) is 17.9 Å². The molecule has 0 aliphatic rings. The van der Waals surface area contributed by atoms with Crippen molar-refractivity contribution in [3.8, 4) is 11.5 Å². The van der Waals surface area contributed by atoms with Gasteiger partial charge in [0.2, 0.25) is 5.91 Å². The maximum Gasteiger partial charge on any atom is 0.243 e. The third kappa shape index (κ3) is 6.16. The molecule has 0 fully saturated rings. The van der Waals surface area contributed by atoms with Crippen LogP contribution in [0.2, 0.25) is 0 Å². The highest BCUT2D eigenvalue weighted by Gasteiger charge is 2.07. The molecule has 0 aliphatic carbocycles. The number of rotatable bonds is 10. The van der Waals surface area contributed by atoms with Crippen molar-refractivity contribution in [2.45, 2.75) is 26.4 Å². The van der Waals surface area contributed by atoms with Crippen LogP contribution < -0.4 is 20.1 Å². The van der Waals surface area contributed by atoms with E-state index in [1.165, 1.54) is 0 Å². The fraction of sp³-hybridized carbons (Fsp3) is 0.286. The molecule has 0 radical (unpaired) electrons. The maximum atomic E-state index is 12.2. The molecule has 2 N–H and O–H groups in total. The summed E-state index contributed by atoms with van der Waals surface area (Å²) in [6.07, 6.45) is 2.80. The van der Waals surface area contributed by atoms with Crippen LogP contribution in [0.5, 0.6) is 11.5 Å². The van der Waals surface area contributed by atoms with Crippen molar-refractivity contribution >= 4 is 17.3 Å². The molecule has 26 heavy (non-hydrogen) atoms. The van der Waals surface area contributed by atoms with Crippen LogP contribution in [0.15, 0.2) is 61.2 Å². The van der Waals surface area contributed by atoms with Gasteiger partial charge in [-0.05, 0) is 49.7 Å². The number of nitrogens with one attached hydrogen (secondary N) is 2. The van der Waals surface area contributed by atoms with Crippen molar-refractivity contribution < 1.29 is 14.3 Å². The molecule has 0 aromatic heterocycles. The molecule has 5 nitrogen and oxygen atoms in total. The van der Waals surface area contributed by atoms with Gasteiger partial charge < -0.3 is 20.1 Å². The highest BCUT2D eigenvalue weighted by atomic mass is 16.5. The molecule has 1 amide bonds. The Balaban J connectivity index is 1.86. The first-order valence-electron chi connectivity index (χ1n) is 8.75. The van der Waals surface area contributed by atoms with Crippen LogP contribution in [0.3, 0.4) is 0 Å². The number of carbonyl (C=O) groups is 1. The van der Waals surface area contributed by atoms with Gasteiger partial charge in [-0.1, -0.05) is 31.7 Å². The van der Waals surface area contributed by atoms with Gasteiger partial charge in [-0.15, -0.1) is 0 Å². The maximum absolute atomic E-state index is 12.2. The summed E-state index contributed by atoms with van der Waals surface area (Å²) < 4.78 is 11.3. The number of carbonyl (C=O) groups excluding carboxylic acids is 1. The molecule has 138 valence electrons. The van der Waals surface area contributed by atoms with Crippen LogP contribution in [-0.4, -0.2) is 25.2 Å². The van der Waals surface area contributed by atoms with Crippen molar-refractivity contribution in [3.63, 3.8) is 0 Å². The molecule has 0 heterocycles. The van der Waals surface area contributed by atoms with E-state index in [1.807, 2.05) is 49.4 Å². The van der Waals surface area contributed by atoms with Gasteiger partial charge in [0.25, 0.3) is 0 Å². The Bertz CT molecular complexity index is 713. The minimum absolute atomic E-state index is 0.153. The summed E-state index contributed by atoms with van der Waals surface area (Å²) in [4.78, 5) is 12.2. The van der Waals surface area contributed by atoms with Gasteiger partial charge in [0.1, 0.15) is 18.1 Å². The topological polar surface area (TPSA) is 59.6 Å². The van der Waals surface area contributed by atoms with Gasteiger partial charge in [-0.2, -0.15) is 0 Å². The van der Waals surface area contributed by atoms with E-state index >= 15 is 0 Å². The van der Waals surface area contributed by atoms with E-state index < -0.39 is 0 Å². The zero-order chi connectivity index (χ0) is 18.8. The van der Waals surface area contributed by atoms with Crippen molar-refractivity contribution in [2.24, 2.45) is 0 Å². The van der Waals surface area contributed by atoms with Crippen molar-refractivity contribution in [1.82, 2.24) is 0 Å². The zero-order valence-electron chi connectivity index (χ0n) is 15.3. The molecular formula is C21H26N2O3. The lowest BCUT2D eigenvalue weighted by atomic mass is 10.2. The normalized spacial score (nSPS) is 11.3. The summed E-state index contributed by atoms with van der Waals surface area (Å²) in [5.74, 6) is 1.29. The molecule has 5 heteroatoms. The Morgan fingerprint density at radius 3 is 2.62 bits per heavy atom. The molecule has 1 atom stereocenters. The SMILES string of the molecule is C=CCOc1ccccc1NC(=O)CNc1ccc(OC(C)CC)cc1. The Kier molecular flexibility index (Phi) is 7.55. The van der Waals surface area contributed by atoms with Crippen LogP contribution in [0, 0.1) is 0 Å². The number of para-hydroxylation sites is 2. The minimum atomic E-state index is -0.153. The summed E-state index contributed by atoms with van der Waals surface area (Å²) in [6, 6.07) is 14.9. The van der Waals surface area contributed by atoms with Gasteiger partial charge in [0.05, 0.1) is 18.3 Å². The first-order valence-corrected chi connectivity index (χ1v) is 8.75. The number of benzene rings is 2. The Morgan fingerprint density at radius 1 is 1.19 bits per heavy atom. The Hall–Kier alpha value is -2.95. The van der Waals surface area contributed by atoms with Gasteiger partial charge in [0, 0.05) is 5.69 Å². The quantitative estimate of drug-likeness (QED) is 0.618. The number of ether oxygens (including phenoxy) is 2. The Morgan fingerprint density at radius 2 is 1.92 bits per heavy atom. The standard InChI is InChI=1S/C21H26N2O3/c1-4-14-25-20-9-7-6-8-19(20)23-21(24)15-22-17-10-12-18(13-11-17)26-16(3)5-2/h4,6-13,16,22H,1,5,14-15H2,2-3H3,(H,23,24). The second-order valence-corrected chi connectivity index (χ2v) is 5.86. The molecule has 2 aromatic rings. The number of amides is 1. The number of anilines is 2. The monoisotopic (exact) mass is 354 g/mol. The smallest absolute Gasteiger partial charge is 0.243 e. The second kappa shape index (κ2) is 10.1. The first kappa shape index (κ1) is 19.4. The molecule has 0 saturated heterocycles. The predicted octanol–water partition coefficient (Wildman–Crippen LogP) is 4.48. The van der Waals surface area contributed by atoms with Crippen LogP contribution in [-0.2, 0) is 4.79 Å². The fourth-order valence-electron chi connectivity index (χ4n) is 2.19. The van der Waals surface area contributed by atoms with Gasteiger partial charge >= 0.3 is 0 Å². The van der Waals surface area contributed by atoms with Gasteiger partial charge in [-0.25, -0.2) is 0 Å². The largest absolute Gasteiger partial charge is 0.491 e. The molecule has 2 aromatic carbocycles. The highest BCUT2D eigenvalue weighted by Crippen LogP contribution is 2.23. The summed E-state index contributed by atoms with van der Waals surface area (Å²) in [7, 11) is 0. The summed E-state index contributed by atoms with van der Waals surface area (Å²) in [5, 5.41) is 5.95. The summed E-state index contributed by atoms with van der Waals surface area (Å²) >= 11 is 0. The second-order valence-electron chi connectivity index (χ2n) is 5.86. The van der Waals surface area contributed by atoms with Crippen LogP contribution in [0.25, 0.3) is 0 Å². The average molecular weight is 354 g/mol. The van der Waals surface area contributed by atoms with Crippen molar-refractivity contribution in [3.05, 3.63) is 61.2 Å². The summed E-state index contributed by atoms with van der Waals surface area (Å²) in [6.45, 7) is 8.28.